The monoisotopic (exact) mass is 268 g/mol. The molecule has 0 N–H and O–H groups in total. The van der Waals surface area contributed by atoms with E-state index >= 15 is 0 Å². The number of ether oxygens (including phenoxy) is 1. The lowest BCUT2D eigenvalue weighted by atomic mass is 9.88. The molecular weight excluding hydrogens is 252 g/mol. The van der Waals surface area contributed by atoms with Crippen molar-refractivity contribution in [1.82, 2.24) is 0 Å². The van der Waals surface area contributed by atoms with E-state index < -0.39 is 9.84 Å². The molecule has 0 spiro atoms. The van der Waals surface area contributed by atoms with E-state index in [1.165, 1.54) is 0 Å². The van der Waals surface area contributed by atoms with Gasteiger partial charge in [0.1, 0.15) is 21.4 Å². The number of rotatable bonds is 4. The van der Waals surface area contributed by atoms with Crippen molar-refractivity contribution in [2.75, 3.05) is 18.6 Å². The third kappa shape index (κ3) is 3.10. The zero-order valence-corrected chi connectivity index (χ0v) is 11.1. The van der Waals surface area contributed by atoms with Crippen LogP contribution < -0.4 is 4.74 Å². The number of carbonyl (C=O) groups is 1. The van der Waals surface area contributed by atoms with Gasteiger partial charge in [0.2, 0.25) is 0 Å². The fourth-order valence-electron chi connectivity index (χ4n) is 2.14. The van der Waals surface area contributed by atoms with Crippen LogP contribution in [0.5, 0.6) is 5.75 Å². The van der Waals surface area contributed by atoms with Crippen LogP contribution in [-0.2, 0) is 14.6 Å². The summed E-state index contributed by atoms with van der Waals surface area (Å²) in [5, 5.41) is 0. The molecule has 1 atom stereocenters. The van der Waals surface area contributed by atoms with E-state index in [1.54, 1.807) is 0 Å². The van der Waals surface area contributed by atoms with E-state index in [1.807, 2.05) is 24.3 Å². The molecule has 1 aliphatic heterocycles. The molecule has 1 aromatic carbocycles. The summed E-state index contributed by atoms with van der Waals surface area (Å²) in [6.07, 6.45) is 1.86. The number of hydrogen-bond donors (Lipinski definition) is 0. The minimum Gasteiger partial charge on any atom is -0.493 e. The molecule has 0 aromatic heterocycles. The highest BCUT2D eigenvalue weighted by Crippen LogP contribution is 2.34. The van der Waals surface area contributed by atoms with Crippen LogP contribution in [0.3, 0.4) is 0 Å². The minimum absolute atomic E-state index is 0.0174. The molecule has 1 aromatic rings. The highest BCUT2D eigenvalue weighted by molar-refractivity contribution is 7.90. The molecule has 4 nitrogen and oxygen atoms in total. The number of fused-ring (bicyclic) bond motifs is 1. The van der Waals surface area contributed by atoms with Gasteiger partial charge in [0.25, 0.3) is 0 Å². The molecule has 1 unspecified atom stereocenters. The Morgan fingerprint density at radius 3 is 2.83 bits per heavy atom. The molecule has 1 heterocycles. The molecule has 2 rings (SSSR count). The predicted octanol–water partition coefficient (Wildman–Crippen LogP) is 1.56. The molecule has 0 bridgehead atoms. The molecule has 98 valence electrons. The third-order valence-electron chi connectivity index (χ3n) is 3.07. The Hall–Kier alpha value is -1.36. The van der Waals surface area contributed by atoms with Gasteiger partial charge in [-0.15, -0.1) is 0 Å². The van der Waals surface area contributed by atoms with Crippen LogP contribution in [-0.4, -0.2) is 32.8 Å². The van der Waals surface area contributed by atoms with Gasteiger partial charge in [-0.3, -0.25) is 4.79 Å². The lowest BCUT2D eigenvalue weighted by molar-refractivity contribution is -0.120. The van der Waals surface area contributed by atoms with Crippen molar-refractivity contribution in [3.8, 4) is 5.75 Å². The van der Waals surface area contributed by atoms with Gasteiger partial charge >= 0.3 is 0 Å². The summed E-state index contributed by atoms with van der Waals surface area (Å²) < 4.78 is 27.7. The van der Waals surface area contributed by atoms with E-state index in [0.29, 0.717) is 13.0 Å². The second-order valence-corrected chi connectivity index (χ2v) is 6.83. The molecule has 0 aliphatic carbocycles. The summed E-state index contributed by atoms with van der Waals surface area (Å²) in [7, 11) is -3.09. The van der Waals surface area contributed by atoms with Crippen LogP contribution in [0.15, 0.2) is 24.3 Å². The minimum atomic E-state index is -3.09. The lowest BCUT2D eigenvalue weighted by Crippen LogP contribution is -2.23. The van der Waals surface area contributed by atoms with Crippen LogP contribution in [0.4, 0.5) is 0 Å². The molecule has 18 heavy (non-hydrogen) atoms. The Bertz CT molecular complexity index is 548. The first-order chi connectivity index (χ1) is 8.47. The summed E-state index contributed by atoms with van der Waals surface area (Å²) in [5.41, 5.74) is 0.877. The number of hydrogen-bond acceptors (Lipinski definition) is 4. The smallest absolute Gasteiger partial charge is 0.147 e. The van der Waals surface area contributed by atoms with Crippen molar-refractivity contribution in [3.05, 3.63) is 29.8 Å². The maximum absolute atomic E-state index is 12.1. The number of carbonyl (C=O) groups excluding carboxylic acids is 1. The van der Waals surface area contributed by atoms with Crippen LogP contribution in [0.25, 0.3) is 0 Å². The Morgan fingerprint density at radius 1 is 1.39 bits per heavy atom. The molecule has 0 fully saturated rings. The summed E-state index contributed by atoms with van der Waals surface area (Å²) in [4.78, 5) is 12.1. The largest absolute Gasteiger partial charge is 0.493 e. The molecule has 5 heteroatoms. The number of sulfone groups is 1. The SMILES string of the molecule is CS(=O)(=O)CCC(=O)C1CCOc2ccccc21. The fraction of sp³-hybridized carbons (Fsp3) is 0.462. The Morgan fingerprint density at radius 2 is 2.11 bits per heavy atom. The first-order valence-corrected chi connectivity index (χ1v) is 7.95. The molecule has 0 saturated heterocycles. The third-order valence-corrected chi connectivity index (χ3v) is 4.01. The Balaban J connectivity index is 2.13. The van der Waals surface area contributed by atoms with Crippen LogP contribution in [0.1, 0.15) is 24.3 Å². The number of benzene rings is 1. The zero-order chi connectivity index (χ0) is 13.2. The van der Waals surface area contributed by atoms with Gasteiger partial charge in [-0.05, 0) is 12.5 Å². The highest BCUT2D eigenvalue weighted by Gasteiger charge is 2.27. The summed E-state index contributed by atoms with van der Waals surface area (Å²) in [5.74, 6) is 0.417. The topological polar surface area (TPSA) is 60.4 Å². The lowest BCUT2D eigenvalue weighted by Gasteiger charge is -2.24. The van der Waals surface area contributed by atoms with Crippen molar-refractivity contribution in [1.29, 1.82) is 0 Å². The van der Waals surface area contributed by atoms with Crippen molar-refractivity contribution in [3.63, 3.8) is 0 Å². The van der Waals surface area contributed by atoms with Gasteiger partial charge in [0.15, 0.2) is 0 Å². The quantitative estimate of drug-likeness (QED) is 0.831. The highest BCUT2D eigenvalue weighted by atomic mass is 32.2. The van der Waals surface area contributed by atoms with E-state index in [9.17, 15) is 13.2 Å². The maximum atomic E-state index is 12.1. The summed E-state index contributed by atoms with van der Waals surface area (Å²) >= 11 is 0. The molecule has 0 radical (unpaired) electrons. The average molecular weight is 268 g/mol. The van der Waals surface area contributed by atoms with Crippen molar-refractivity contribution in [2.45, 2.75) is 18.8 Å². The van der Waals surface area contributed by atoms with Crippen LogP contribution >= 0.6 is 0 Å². The van der Waals surface area contributed by atoms with Gasteiger partial charge in [-0.2, -0.15) is 0 Å². The van der Waals surface area contributed by atoms with Crippen molar-refractivity contribution in [2.24, 2.45) is 0 Å². The molecule has 1 aliphatic rings. The summed E-state index contributed by atoms with van der Waals surface area (Å²) in [6.45, 7) is 0.506. The van der Waals surface area contributed by atoms with Crippen LogP contribution in [0.2, 0.25) is 0 Å². The number of para-hydroxylation sites is 1. The van der Waals surface area contributed by atoms with E-state index in [4.69, 9.17) is 4.74 Å². The normalized spacial score (nSPS) is 18.8. The molecule has 0 amide bonds. The van der Waals surface area contributed by atoms with E-state index in [2.05, 4.69) is 0 Å². The van der Waals surface area contributed by atoms with Gasteiger partial charge in [-0.1, -0.05) is 18.2 Å². The maximum Gasteiger partial charge on any atom is 0.147 e. The summed E-state index contributed by atoms with van der Waals surface area (Å²) in [6, 6.07) is 7.44. The standard InChI is InChI=1S/C13H16O4S/c1-18(15,16)9-7-12(14)10-6-8-17-13-5-3-2-4-11(10)13/h2-5,10H,6-9H2,1H3. The number of Topliss-reactive ketones (excluding diaryl/α,β-unsaturated/α-hetero) is 1. The number of ketones is 1. The molecular formula is C13H16O4S. The zero-order valence-electron chi connectivity index (χ0n) is 10.3. The van der Waals surface area contributed by atoms with Crippen molar-refractivity contribution < 1.29 is 17.9 Å². The van der Waals surface area contributed by atoms with Gasteiger partial charge in [-0.25, -0.2) is 8.42 Å². The van der Waals surface area contributed by atoms with Crippen LogP contribution in [0, 0.1) is 0 Å². The van der Waals surface area contributed by atoms with Gasteiger partial charge in [0.05, 0.1) is 12.4 Å². The second-order valence-electron chi connectivity index (χ2n) is 4.57. The Labute approximate surface area is 107 Å². The van der Waals surface area contributed by atoms with Gasteiger partial charge in [0, 0.05) is 24.2 Å². The first kappa shape index (κ1) is 13.1. The first-order valence-electron chi connectivity index (χ1n) is 5.89. The Kier molecular flexibility index (Phi) is 3.71. The average Bonchev–Trinajstić information content (AvgIpc) is 2.34. The van der Waals surface area contributed by atoms with Gasteiger partial charge < -0.3 is 4.74 Å². The molecule has 0 saturated carbocycles. The van der Waals surface area contributed by atoms with E-state index in [0.717, 1.165) is 17.6 Å². The second kappa shape index (κ2) is 5.10. The fourth-order valence-corrected chi connectivity index (χ4v) is 2.71. The predicted molar refractivity (Wildman–Crippen MR) is 68.6 cm³/mol. The van der Waals surface area contributed by atoms with Crippen molar-refractivity contribution >= 4 is 15.6 Å². The van der Waals surface area contributed by atoms with E-state index in [-0.39, 0.29) is 23.9 Å².